The maximum Gasteiger partial charge on any atom is 0.254 e. The molecule has 0 unspecified atom stereocenters. The Morgan fingerprint density at radius 2 is 1.83 bits per heavy atom. The molecule has 1 amide bonds. The van der Waals surface area contributed by atoms with Gasteiger partial charge in [-0.25, -0.2) is 12.8 Å². The number of hydrogen-bond donors (Lipinski definition) is 2. The van der Waals surface area contributed by atoms with Crippen LogP contribution in [0, 0.1) is 5.82 Å². The van der Waals surface area contributed by atoms with E-state index in [0.717, 1.165) is 6.26 Å². The van der Waals surface area contributed by atoms with Crippen LogP contribution in [0.5, 0.6) is 0 Å². The number of benzene rings is 2. The molecule has 2 aromatic carbocycles. The van der Waals surface area contributed by atoms with Crippen molar-refractivity contribution in [1.82, 2.24) is 5.32 Å². The smallest absolute Gasteiger partial charge is 0.254 e. The number of carbonyl (C=O) groups is 1. The van der Waals surface area contributed by atoms with Crippen molar-refractivity contribution < 1.29 is 17.6 Å². The van der Waals surface area contributed by atoms with Gasteiger partial charge in [0.2, 0.25) is 10.0 Å². The van der Waals surface area contributed by atoms with Gasteiger partial charge in [-0.05, 0) is 36.8 Å². The summed E-state index contributed by atoms with van der Waals surface area (Å²) < 4.78 is 38.5. The fourth-order valence-electron chi connectivity index (χ4n) is 2.09. The van der Waals surface area contributed by atoms with Crippen LogP contribution in [0.1, 0.15) is 28.9 Å². The fraction of sp³-hybridized carbons (Fsp3) is 0.188. The summed E-state index contributed by atoms with van der Waals surface area (Å²) in [5.41, 5.74) is 1.06. The Kier molecular flexibility index (Phi) is 5.00. The zero-order chi connectivity index (χ0) is 17.0. The Bertz CT molecular complexity index is 822. The van der Waals surface area contributed by atoms with Crippen LogP contribution in [0.25, 0.3) is 0 Å². The molecule has 2 aromatic rings. The lowest BCUT2D eigenvalue weighted by molar-refractivity contribution is 0.0936. The fourth-order valence-corrected chi connectivity index (χ4v) is 2.64. The van der Waals surface area contributed by atoms with Gasteiger partial charge in [0.25, 0.3) is 5.91 Å². The van der Waals surface area contributed by atoms with Gasteiger partial charge >= 0.3 is 0 Å². The van der Waals surface area contributed by atoms with Crippen LogP contribution in [0.2, 0.25) is 0 Å². The lowest BCUT2D eigenvalue weighted by Gasteiger charge is -2.16. The minimum Gasteiger partial charge on any atom is -0.345 e. The molecule has 0 aromatic heterocycles. The lowest BCUT2D eigenvalue weighted by atomic mass is 10.1. The van der Waals surface area contributed by atoms with E-state index >= 15 is 0 Å². The summed E-state index contributed by atoms with van der Waals surface area (Å²) >= 11 is 0. The molecular formula is C16H17FN2O3S. The largest absolute Gasteiger partial charge is 0.345 e. The number of halogens is 1. The van der Waals surface area contributed by atoms with Crippen molar-refractivity contribution in [3.8, 4) is 0 Å². The highest BCUT2D eigenvalue weighted by molar-refractivity contribution is 7.92. The van der Waals surface area contributed by atoms with E-state index in [-0.39, 0.29) is 5.56 Å². The van der Waals surface area contributed by atoms with E-state index in [0.29, 0.717) is 11.3 Å². The quantitative estimate of drug-likeness (QED) is 0.881. The molecule has 0 heterocycles. The number of amides is 1. The van der Waals surface area contributed by atoms with Crippen molar-refractivity contribution in [2.45, 2.75) is 13.0 Å². The molecule has 0 spiro atoms. The second-order valence-electron chi connectivity index (χ2n) is 5.17. The van der Waals surface area contributed by atoms with Crippen LogP contribution in [-0.4, -0.2) is 20.6 Å². The highest BCUT2D eigenvalue weighted by Crippen LogP contribution is 2.19. The SMILES string of the molecule is C[C@H](NC(=O)c1ccccc1F)c1cccc(NS(C)(=O)=O)c1. The van der Waals surface area contributed by atoms with E-state index in [1.807, 2.05) is 0 Å². The van der Waals surface area contributed by atoms with Crippen LogP contribution in [0.4, 0.5) is 10.1 Å². The number of rotatable bonds is 5. The topological polar surface area (TPSA) is 75.3 Å². The van der Waals surface area contributed by atoms with Crippen molar-refractivity contribution in [1.29, 1.82) is 0 Å². The van der Waals surface area contributed by atoms with Gasteiger partial charge in [-0.2, -0.15) is 0 Å². The molecule has 0 saturated carbocycles. The minimum absolute atomic E-state index is 0.0373. The van der Waals surface area contributed by atoms with Gasteiger partial charge in [0.15, 0.2) is 0 Å². The summed E-state index contributed by atoms with van der Waals surface area (Å²) in [4.78, 5) is 12.1. The van der Waals surface area contributed by atoms with Crippen LogP contribution in [0.3, 0.4) is 0 Å². The van der Waals surface area contributed by atoms with E-state index in [2.05, 4.69) is 10.0 Å². The maximum atomic E-state index is 13.6. The zero-order valence-electron chi connectivity index (χ0n) is 12.7. The first-order chi connectivity index (χ1) is 10.8. The second kappa shape index (κ2) is 6.78. The Morgan fingerprint density at radius 3 is 2.48 bits per heavy atom. The van der Waals surface area contributed by atoms with E-state index in [9.17, 15) is 17.6 Å². The van der Waals surface area contributed by atoms with Gasteiger partial charge in [-0.15, -0.1) is 0 Å². The predicted molar refractivity (Wildman–Crippen MR) is 87.2 cm³/mol. The molecule has 122 valence electrons. The van der Waals surface area contributed by atoms with Gasteiger partial charge in [0, 0.05) is 5.69 Å². The van der Waals surface area contributed by atoms with E-state index in [4.69, 9.17) is 0 Å². The molecule has 7 heteroatoms. The van der Waals surface area contributed by atoms with E-state index < -0.39 is 27.8 Å². The zero-order valence-corrected chi connectivity index (χ0v) is 13.5. The number of hydrogen-bond acceptors (Lipinski definition) is 3. The number of carbonyl (C=O) groups excluding carboxylic acids is 1. The Balaban J connectivity index is 2.15. The molecule has 0 aliphatic carbocycles. The molecule has 0 aliphatic heterocycles. The summed E-state index contributed by atoms with van der Waals surface area (Å²) in [5.74, 6) is -1.12. The molecule has 23 heavy (non-hydrogen) atoms. The molecule has 0 radical (unpaired) electrons. The van der Waals surface area contributed by atoms with Crippen molar-refractivity contribution >= 4 is 21.6 Å². The van der Waals surface area contributed by atoms with Gasteiger partial charge in [-0.3, -0.25) is 9.52 Å². The first-order valence-corrected chi connectivity index (χ1v) is 8.78. The predicted octanol–water partition coefficient (Wildman–Crippen LogP) is 2.69. The first kappa shape index (κ1) is 17.0. The summed E-state index contributed by atoms with van der Waals surface area (Å²) in [6, 6.07) is 11.9. The van der Waals surface area contributed by atoms with Gasteiger partial charge in [0.1, 0.15) is 5.82 Å². The molecule has 0 aliphatic rings. The third-order valence-corrected chi connectivity index (χ3v) is 3.76. The standard InChI is InChI=1S/C16H17FN2O3S/c1-11(18-16(20)14-8-3-4-9-15(14)17)12-6-5-7-13(10-12)19-23(2,21)22/h3-11,19H,1-2H3,(H,18,20)/t11-/m0/s1. The van der Waals surface area contributed by atoms with Crippen LogP contribution in [0.15, 0.2) is 48.5 Å². The summed E-state index contributed by atoms with van der Waals surface area (Å²) in [5, 5.41) is 2.69. The minimum atomic E-state index is -3.38. The van der Waals surface area contributed by atoms with Gasteiger partial charge < -0.3 is 5.32 Å². The number of nitrogens with one attached hydrogen (secondary N) is 2. The first-order valence-electron chi connectivity index (χ1n) is 6.89. The van der Waals surface area contributed by atoms with Crippen LogP contribution in [-0.2, 0) is 10.0 Å². The van der Waals surface area contributed by atoms with Crippen molar-refractivity contribution in [3.05, 3.63) is 65.5 Å². The van der Waals surface area contributed by atoms with Crippen LogP contribution < -0.4 is 10.0 Å². The van der Waals surface area contributed by atoms with E-state index in [1.165, 1.54) is 18.2 Å². The third kappa shape index (κ3) is 4.79. The van der Waals surface area contributed by atoms with Crippen molar-refractivity contribution in [2.75, 3.05) is 11.0 Å². The molecule has 0 saturated heterocycles. The molecule has 5 nitrogen and oxygen atoms in total. The molecule has 2 rings (SSSR count). The number of anilines is 1. The van der Waals surface area contributed by atoms with Crippen molar-refractivity contribution in [3.63, 3.8) is 0 Å². The summed E-state index contributed by atoms with van der Waals surface area (Å²) in [7, 11) is -3.38. The Labute approximate surface area is 134 Å². The second-order valence-corrected chi connectivity index (χ2v) is 6.92. The monoisotopic (exact) mass is 336 g/mol. The summed E-state index contributed by atoms with van der Waals surface area (Å²) in [6.07, 6.45) is 1.06. The Morgan fingerprint density at radius 1 is 1.13 bits per heavy atom. The average Bonchev–Trinajstić information content (AvgIpc) is 2.46. The van der Waals surface area contributed by atoms with Crippen molar-refractivity contribution in [2.24, 2.45) is 0 Å². The molecule has 0 fully saturated rings. The highest BCUT2D eigenvalue weighted by Gasteiger charge is 2.15. The molecule has 2 N–H and O–H groups in total. The molecule has 1 atom stereocenters. The summed E-state index contributed by atoms with van der Waals surface area (Å²) in [6.45, 7) is 1.73. The molecular weight excluding hydrogens is 319 g/mol. The number of sulfonamides is 1. The molecule has 0 bridgehead atoms. The van der Waals surface area contributed by atoms with Crippen LogP contribution >= 0.6 is 0 Å². The lowest BCUT2D eigenvalue weighted by Crippen LogP contribution is -2.27. The third-order valence-electron chi connectivity index (χ3n) is 3.16. The maximum absolute atomic E-state index is 13.6. The van der Waals surface area contributed by atoms with Gasteiger partial charge in [-0.1, -0.05) is 24.3 Å². The Hall–Kier alpha value is -2.41. The average molecular weight is 336 g/mol. The highest BCUT2D eigenvalue weighted by atomic mass is 32.2. The normalized spacial score (nSPS) is 12.5. The van der Waals surface area contributed by atoms with Gasteiger partial charge in [0.05, 0.1) is 17.9 Å². The van der Waals surface area contributed by atoms with E-state index in [1.54, 1.807) is 37.3 Å².